The van der Waals surface area contributed by atoms with Crippen LogP contribution in [0.3, 0.4) is 0 Å². The largest absolute Gasteiger partial charge is 0.373 e. The summed E-state index contributed by atoms with van der Waals surface area (Å²) in [6, 6.07) is 3.95. The third-order valence-electron chi connectivity index (χ3n) is 1.57. The summed E-state index contributed by atoms with van der Waals surface area (Å²) in [4.78, 5) is 4.13. The first-order valence-corrected chi connectivity index (χ1v) is 3.63. The van der Waals surface area contributed by atoms with Crippen LogP contribution >= 0.6 is 0 Å². The lowest BCUT2D eigenvalue weighted by molar-refractivity contribution is 0.812. The molecule has 0 spiro atoms. The molecule has 11 heavy (non-hydrogen) atoms. The molecule has 0 aromatic carbocycles. The molecular weight excluding hydrogens is 138 g/mol. The average Bonchev–Trinajstić information content (AvgIpc) is 2.05. The highest BCUT2D eigenvalue weighted by Crippen LogP contribution is 2.09. The third kappa shape index (κ3) is 1.91. The lowest BCUT2D eigenvalue weighted by atomic mass is 10.2. The van der Waals surface area contributed by atoms with E-state index < -0.39 is 0 Å². The lowest BCUT2D eigenvalue weighted by Gasteiger charge is -2.04. The van der Waals surface area contributed by atoms with Gasteiger partial charge in [0.25, 0.3) is 0 Å². The van der Waals surface area contributed by atoms with Crippen molar-refractivity contribution in [1.82, 2.24) is 4.98 Å². The zero-order valence-electron chi connectivity index (χ0n) is 6.83. The van der Waals surface area contributed by atoms with Crippen molar-refractivity contribution in [2.75, 3.05) is 12.4 Å². The molecular formula is C8H13N3. The van der Waals surface area contributed by atoms with Gasteiger partial charge in [0.2, 0.25) is 0 Å². The normalized spacial score (nSPS) is 12.6. The second-order valence-electron chi connectivity index (χ2n) is 2.52. The number of aromatic nitrogens is 1. The topological polar surface area (TPSA) is 50.9 Å². The predicted octanol–water partition coefficient (Wildman–Crippen LogP) is 1.14. The Morgan fingerprint density at radius 1 is 1.55 bits per heavy atom. The van der Waals surface area contributed by atoms with Gasteiger partial charge in [-0.05, 0) is 18.6 Å². The Bertz CT molecular complexity index is 215. The molecule has 0 bridgehead atoms. The molecule has 0 aliphatic heterocycles. The van der Waals surface area contributed by atoms with Gasteiger partial charge < -0.3 is 11.1 Å². The molecule has 3 nitrogen and oxygen atoms in total. The molecule has 0 radical (unpaired) electrons. The van der Waals surface area contributed by atoms with Gasteiger partial charge in [-0.3, -0.25) is 0 Å². The maximum Gasteiger partial charge on any atom is 0.125 e. The molecule has 0 saturated heterocycles. The SMILES string of the molecule is CNc1ccc(C(C)N)cn1. The van der Waals surface area contributed by atoms with Crippen LogP contribution in [0.2, 0.25) is 0 Å². The van der Waals surface area contributed by atoms with Gasteiger partial charge in [0.15, 0.2) is 0 Å². The highest BCUT2D eigenvalue weighted by Gasteiger charge is 1.97. The van der Waals surface area contributed by atoms with E-state index in [1.807, 2.05) is 26.1 Å². The van der Waals surface area contributed by atoms with Crippen molar-refractivity contribution >= 4 is 5.82 Å². The Labute approximate surface area is 66.6 Å². The monoisotopic (exact) mass is 151 g/mol. The van der Waals surface area contributed by atoms with E-state index in [0.717, 1.165) is 11.4 Å². The van der Waals surface area contributed by atoms with Crippen LogP contribution in [0.5, 0.6) is 0 Å². The van der Waals surface area contributed by atoms with Crippen LogP contribution in [0.15, 0.2) is 18.3 Å². The van der Waals surface area contributed by atoms with Gasteiger partial charge >= 0.3 is 0 Å². The van der Waals surface area contributed by atoms with Gasteiger partial charge in [-0.25, -0.2) is 4.98 Å². The first kappa shape index (κ1) is 8.01. The predicted molar refractivity (Wildman–Crippen MR) is 46.4 cm³/mol. The average molecular weight is 151 g/mol. The smallest absolute Gasteiger partial charge is 0.125 e. The summed E-state index contributed by atoms with van der Waals surface area (Å²) in [5, 5.41) is 2.94. The Hall–Kier alpha value is -1.09. The summed E-state index contributed by atoms with van der Waals surface area (Å²) in [6.45, 7) is 1.94. The number of hydrogen-bond donors (Lipinski definition) is 2. The minimum atomic E-state index is 0.0633. The number of rotatable bonds is 2. The quantitative estimate of drug-likeness (QED) is 0.666. The number of hydrogen-bond acceptors (Lipinski definition) is 3. The van der Waals surface area contributed by atoms with Gasteiger partial charge in [-0.2, -0.15) is 0 Å². The van der Waals surface area contributed by atoms with Crippen molar-refractivity contribution in [1.29, 1.82) is 0 Å². The Morgan fingerprint density at radius 3 is 2.64 bits per heavy atom. The number of nitrogens with two attached hydrogens (primary N) is 1. The fourth-order valence-electron chi connectivity index (χ4n) is 0.823. The van der Waals surface area contributed by atoms with Crippen LogP contribution in [0, 0.1) is 0 Å². The fourth-order valence-corrected chi connectivity index (χ4v) is 0.823. The Balaban J connectivity index is 2.83. The molecule has 0 amide bonds. The first-order chi connectivity index (χ1) is 5.24. The number of anilines is 1. The summed E-state index contributed by atoms with van der Waals surface area (Å²) in [5.74, 6) is 0.870. The molecule has 1 atom stereocenters. The van der Waals surface area contributed by atoms with Gasteiger partial charge in [0.05, 0.1) is 0 Å². The summed E-state index contributed by atoms with van der Waals surface area (Å²) in [5.41, 5.74) is 6.70. The van der Waals surface area contributed by atoms with Crippen LogP contribution in [0.25, 0.3) is 0 Å². The maximum absolute atomic E-state index is 5.64. The molecule has 1 aromatic rings. The Kier molecular flexibility index (Phi) is 2.44. The minimum absolute atomic E-state index is 0.0633. The van der Waals surface area contributed by atoms with E-state index in [4.69, 9.17) is 5.73 Å². The molecule has 0 aliphatic rings. The van der Waals surface area contributed by atoms with Crippen LogP contribution in [0.1, 0.15) is 18.5 Å². The van der Waals surface area contributed by atoms with E-state index in [9.17, 15) is 0 Å². The summed E-state index contributed by atoms with van der Waals surface area (Å²) >= 11 is 0. The summed E-state index contributed by atoms with van der Waals surface area (Å²) < 4.78 is 0. The van der Waals surface area contributed by atoms with Gasteiger partial charge in [0.1, 0.15) is 5.82 Å². The van der Waals surface area contributed by atoms with E-state index in [1.54, 1.807) is 6.20 Å². The van der Waals surface area contributed by atoms with E-state index in [0.29, 0.717) is 0 Å². The molecule has 0 aliphatic carbocycles. The second-order valence-corrected chi connectivity index (χ2v) is 2.52. The molecule has 1 rings (SSSR count). The van der Waals surface area contributed by atoms with Crippen LogP contribution in [-0.2, 0) is 0 Å². The lowest BCUT2D eigenvalue weighted by Crippen LogP contribution is -2.05. The molecule has 1 heterocycles. The van der Waals surface area contributed by atoms with Crippen molar-refractivity contribution in [2.24, 2.45) is 5.73 Å². The summed E-state index contributed by atoms with van der Waals surface area (Å²) in [6.07, 6.45) is 1.79. The van der Waals surface area contributed by atoms with Crippen LogP contribution < -0.4 is 11.1 Å². The van der Waals surface area contributed by atoms with E-state index in [1.165, 1.54) is 0 Å². The van der Waals surface area contributed by atoms with E-state index in [-0.39, 0.29) is 6.04 Å². The van der Waals surface area contributed by atoms with Crippen molar-refractivity contribution in [2.45, 2.75) is 13.0 Å². The maximum atomic E-state index is 5.64. The second kappa shape index (κ2) is 3.34. The summed E-state index contributed by atoms with van der Waals surface area (Å²) in [7, 11) is 1.84. The van der Waals surface area contributed by atoms with Crippen molar-refractivity contribution < 1.29 is 0 Å². The molecule has 0 saturated carbocycles. The zero-order valence-corrected chi connectivity index (χ0v) is 6.83. The molecule has 3 heteroatoms. The number of nitrogens with one attached hydrogen (secondary N) is 1. The van der Waals surface area contributed by atoms with Crippen LogP contribution in [-0.4, -0.2) is 12.0 Å². The highest BCUT2D eigenvalue weighted by molar-refractivity contribution is 5.34. The highest BCUT2D eigenvalue weighted by atomic mass is 14.9. The molecule has 3 N–H and O–H groups in total. The van der Waals surface area contributed by atoms with Gasteiger partial charge in [-0.1, -0.05) is 6.07 Å². The van der Waals surface area contributed by atoms with Crippen molar-refractivity contribution in [3.05, 3.63) is 23.9 Å². The van der Waals surface area contributed by atoms with Crippen molar-refractivity contribution in [3.8, 4) is 0 Å². The minimum Gasteiger partial charge on any atom is -0.373 e. The van der Waals surface area contributed by atoms with Crippen LogP contribution in [0.4, 0.5) is 5.82 Å². The molecule has 60 valence electrons. The standard InChI is InChI=1S/C8H13N3/c1-6(9)7-3-4-8(10-2)11-5-7/h3-6H,9H2,1-2H3,(H,10,11). The van der Waals surface area contributed by atoms with Gasteiger partial charge in [-0.15, -0.1) is 0 Å². The Morgan fingerprint density at radius 2 is 2.27 bits per heavy atom. The first-order valence-electron chi connectivity index (χ1n) is 3.63. The fraction of sp³-hybridized carbons (Fsp3) is 0.375. The molecule has 1 unspecified atom stereocenters. The third-order valence-corrected chi connectivity index (χ3v) is 1.57. The zero-order chi connectivity index (χ0) is 8.27. The van der Waals surface area contributed by atoms with Gasteiger partial charge in [0, 0.05) is 19.3 Å². The number of pyridine rings is 1. The molecule has 0 fully saturated rings. The number of nitrogens with zero attached hydrogens (tertiary/aromatic N) is 1. The van der Waals surface area contributed by atoms with E-state index in [2.05, 4.69) is 10.3 Å². The van der Waals surface area contributed by atoms with E-state index >= 15 is 0 Å². The molecule has 1 aromatic heterocycles. The van der Waals surface area contributed by atoms with Crippen molar-refractivity contribution in [3.63, 3.8) is 0 Å².